The minimum Gasteiger partial charge on any atom is -0.314 e. The average Bonchev–Trinajstić information content (AvgIpc) is 1.51. The largest absolute Gasteiger partial charge is 0.314 e. The van der Waals surface area contributed by atoms with Crippen LogP contribution in [-0.2, 0) is 32.1 Å². The van der Waals surface area contributed by atoms with E-state index in [4.69, 9.17) is 0 Å². The molecule has 0 bridgehead atoms. The van der Waals surface area contributed by atoms with E-state index in [-0.39, 0.29) is 26.9 Å². The van der Waals surface area contributed by atoms with Crippen LogP contribution in [0.4, 0.5) is 68.2 Å². The van der Waals surface area contributed by atoms with Crippen LogP contribution in [0.25, 0.3) is 33.2 Å². The Bertz CT molecular complexity index is 5530. The number of nitrogens with zero attached hydrogens (tertiary/aromatic N) is 6. The summed E-state index contributed by atoms with van der Waals surface area (Å²) in [6, 6.07) is 84.4. The quantitative estimate of drug-likeness (QED) is 0.164. The van der Waals surface area contributed by atoms with E-state index in [0.29, 0.717) is 0 Å². The van der Waals surface area contributed by atoms with Crippen LogP contribution in [0.1, 0.15) is 67.1 Å². The highest BCUT2D eigenvalue weighted by atomic mass is 15.2. The highest BCUT2D eigenvalue weighted by Crippen LogP contribution is 2.52. The standard InChI is InChI=1S/C81H58B4N6/c1-2-20-47-39-41-49(42-40-47)87-69-44-68-60(43-61(69)85-57-30-11-17-38-67(57)91-65-36-15-9-28-55(65)83-59-32-19-26-53-51-24-7-13-34-63(51)89(79(53)59)73-46-71(87)75(85)81(91)77(73)83)84-56-29-10-16-37-66(56)90-64-35-14-8-27-54(64)82-58-31-18-25-52-50-23-6-12-33-62(50)88(78(52)58)72-45-70(74(84)80(90)76(72)82)86(68)48-21-4-3-5-22-48/h3-5,8-11,14-19,21-22,25-32,35-46H,2,6-7,12-13,20,23-24,33-34H2,1H3. The van der Waals surface area contributed by atoms with Gasteiger partial charge in [-0.25, -0.2) is 0 Å². The van der Waals surface area contributed by atoms with Gasteiger partial charge in [-0.15, -0.1) is 0 Å². The lowest BCUT2D eigenvalue weighted by atomic mass is 9.27. The van der Waals surface area contributed by atoms with Crippen molar-refractivity contribution in [3.05, 3.63) is 240 Å². The van der Waals surface area contributed by atoms with Crippen LogP contribution in [0.5, 0.6) is 0 Å². The molecule has 10 heteroatoms. The van der Waals surface area contributed by atoms with Gasteiger partial charge in [0.05, 0.1) is 0 Å². The Morgan fingerprint density at radius 2 is 0.692 bits per heavy atom. The van der Waals surface area contributed by atoms with E-state index in [9.17, 15) is 0 Å². The van der Waals surface area contributed by atoms with E-state index >= 15 is 0 Å². The average molecular weight is 1160 g/mol. The van der Waals surface area contributed by atoms with E-state index < -0.39 is 0 Å². The number of aromatic nitrogens is 2. The van der Waals surface area contributed by atoms with Crippen LogP contribution >= 0.6 is 0 Å². The molecule has 424 valence electrons. The lowest BCUT2D eigenvalue weighted by molar-refractivity contribution is 0.667. The Hall–Kier alpha value is -10.0. The third-order valence-electron chi connectivity index (χ3n) is 23.5. The summed E-state index contributed by atoms with van der Waals surface area (Å²) in [5.41, 5.74) is 45.1. The first-order valence-electron chi connectivity index (χ1n) is 33.8. The number of benzene rings is 11. The van der Waals surface area contributed by atoms with Gasteiger partial charge in [-0.1, -0.05) is 159 Å². The first-order valence-corrected chi connectivity index (χ1v) is 33.8. The molecule has 0 N–H and O–H groups in total. The maximum absolute atomic E-state index is 2.79. The molecule has 10 aliphatic rings. The predicted molar refractivity (Wildman–Crippen MR) is 385 cm³/mol. The lowest BCUT2D eigenvalue weighted by Gasteiger charge is -2.51. The monoisotopic (exact) mass is 1160 g/mol. The van der Waals surface area contributed by atoms with Gasteiger partial charge in [0.25, 0.3) is 26.9 Å². The zero-order valence-electron chi connectivity index (χ0n) is 50.8. The molecule has 2 aromatic heterocycles. The van der Waals surface area contributed by atoms with Gasteiger partial charge in [0, 0.05) is 113 Å². The molecule has 0 atom stereocenters. The van der Waals surface area contributed by atoms with Crippen molar-refractivity contribution < 1.29 is 0 Å². The van der Waals surface area contributed by atoms with Crippen LogP contribution in [-0.4, -0.2) is 36.0 Å². The van der Waals surface area contributed by atoms with Gasteiger partial charge < -0.3 is 28.7 Å². The van der Waals surface area contributed by atoms with Crippen molar-refractivity contribution >= 4 is 182 Å². The summed E-state index contributed by atoms with van der Waals surface area (Å²) in [5.74, 6) is 0. The molecule has 11 aromatic carbocycles. The van der Waals surface area contributed by atoms with Crippen molar-refractivity contribution in [3.8, 4) is 11.4 Å². The van der Waals surface area contributed by atoms with Crippen molar-refractivity contribution in [2.45, 2.75) is 71.1 Å². The van der Waals surface area contributed by atoms with Crippen molar-refractivity contribution in [3.63, 3.8) is 0 Å². The fourth-order valence-electron chi connectivity index (χ4n) is 20.3. The summed E-state index contributed by atoms with van der Waals surface area (Å²) in [7, 11) is 0. The third kappa shape index (κ3) is 5.82. The molecule has 13 aromatic rings. The SMILES string of the molecule is CCCc1ccc(N2c3cc4c(cc3B3c5ccccc5N5c6ccccc6B6c7c(cc2c3c75)-n2c3c(c5cccc6c52)CCCC3)B2c3ccccc3N3c5ccccc5B5c6c(cc(c2c63)N4c2ccccc2)-n2c3c(c4cccc5c42)CCCC3)cc1. The summed E-state index contributed by atoms with van der Waals surface area (Å²) in [6.07, 6.45) is 11.5. The van der Waals surface area contributed by atoms with Crippen molar-refractivity contribution in [2.75, 3.05) is 19.6 Å². The molecule has 0 radical (unpaired) electrons. The van der Waals surface area contributed by atoms with Gasteiger partial charge in [0.2, 0.25) is 0 Å². The molecule has 6 nitrogen and oxygen atoms in total. The molecule has 0 amide bonds. The van der Waals surface area contributed by atoms with Gasteiger partial charge in [0.1, 0.15) is 0 Å². The van der Waals surface area contributed by atoms with E-state index in [2.05, 4.69) is 248 Å². The molecule has 0 saturated carbocycles. The van der Waals surface area contributed by atoms with E-state index in [1.54, 1.807) is 11.1 Å². The van der Waals surface area contributed by atoms with E-state index in [0.717, 1.165) is 38.5 Å². The number of hydrogen-bond donors (Lipinski definition) is 0. The molecule has 0 fully saturated rings. The molecule has 23 rings (SSSR count). The first kappa shape index (κ1) is 48.8. The third-order valence-corrected chi connectivity index (χ3v) is 23.5. The summed E-state index contributed by atoms with van der Waals surface area (Å²) < 4.78 is 5.57. The number of fused-ring (bicyclic) bond motifs is 26. The maximum atomic E-state index is 2.79. The topological polar surface area (TPSA) is 22.8 Å². The number of rotatable bonds is 4. The van der Waals surface area contributed by atoms with Gasteiger partial charge in [-0.2, -0.15) is 0 Å². The summed E-state index contributed by atoms with van der Waals surface area (Å²) in [5, 5.41) is 2.89. The molecule has 8 aliphatic heterocycles. The number of anilines is 12. The van der Waals surface area contributed by atoms with Gasteiger partial charge in [-0.05, 0) is 207 Å². The second-order valence-electron chi connectivity index (χ2n) is 27.6. The highest BCUT2D eigenvalue weighted by molar-refractivity contribution is 7.07. The van der Waals surface area contributed by atoms with Gasteiger partial charge >= 0.3 is 0 Å². The van der Waals surface area contributed by atoms with Crippen molar-refractivity contribution in [2.24, 2.45) is 0 Å². The van der Waals surface area contributed by atoms with Crippen molar-refractivity contribution in [1.82, 2.24) is 9.13 Å². The summed E-state index contributed by atoms with van der Waals surface area (Å²) in [4.78, 5) is 10.9. The van der Waals surface area contributed by atoms with Crippen LogP contribution in [0.15, 0.2) is 212 Å². The molecular weight excluding hydrogens is 1100 g/mol. The highest BCUT2D eigenvalue weighted by Gasteiger charge is 2.55. The zero-order chi connectivity index (χ0) is 58.8. The Morgan fingerprint density at radius 3 is 1.15 bits per heavy atom. The molecule has 2 aliphatic carbocycles. The van der Waals surface area contributed by atoms with Gasteiger partial charge in [0.15, 0.2) is 0 Å². The van der Waals surface area contributed by atoms with Crippen molar-refractivity contribution in [1.29, 1.82) is 0 Å². The lowest BCUT2D eigenvalue weighted by Crippen LogP contribution is -2.70. The predicted octanol–water partition coefficient (Wildman–Crippen LogP) is 10.7. The van der Waals surface area contributed by atoms with E-state index in [1.165, 1.54) is 210 Å². The Kier molecular flexibility index (Phi) is 9.26. The molecule has 0 unspecified atom stereocenters. The Balaban J connectivity index is 0.868. The fraction of sp³-hybridized carbons (Fsp3) is 0.136. The molecule has 10 heterocycles. The Labute approximate surface area is 530 Å². The minimum atomic E-state index is -0.0702. The molecule has 91 heavy (non-hydrogen) atoms. The minimum absolute atomic E-state index is 0.0693. The summed E-state index contributed by atoms with van der Waals surface area (Å²) in [6.45, 7) is 2.31. The first-order chi connectivity index (χ1) is 45.2. The smallest absolute Gasteiger partial charge is 0.252 e. The number of aryl methyl sites for hydroxylation is 3. The Morgan fingerprint density at radius 1 is 0.308 bits per heavy atom. The number of hydrogen-bond acceptors (Lipinski definition) is 4. The second kappa shape index (κ2) is 17.3. The fourth-order valence-corrected chi connectivity index (χ4v) is 20.3. The normalized spacial score (nSPS) is 16.0. The van der Waals surface area contributed by atoms with Crippen LogP contribution < -0.4 is 85.2 Å². The second-order valence-corrected chi connectivity index (χ2v) is 27.6. The van der Waals surface area contributed by atoms with Crippen LogP contribution in [0.3, 0.4) is 0 Å². The molecule has 0 spiro atoms. The molecular formula is C81H58B4N6. The van der Waals surface area contributed by atoms with Crippen LogP contribution in [0, 0.1) is 0 Å². The summed E-state index contributed by atoms with van der Waals surface area (Å²) >= 11 is 0. The van der Waals surface area contributed by atoms with Crippen LogP contribution in [0.2, 0.25) is 0 Å². The molecule has 0 saturated heterocycles. The van der Waals surface area contributed by atoms with Gasteiger partial charge in [-0.3, -0.25) is 0 Å². The number of para-hydroxylation sites is 7. The van der Waals surface area contributed by atoms with E-state index in [1.807, 2.05) is 0 Å². The maximum Gasteiger partial charge on any atom is 0.252 e. The zero-order valence-corrected chi connectivity index (χ0v) is 50.8.